The van der Waals surface area contributed by atoms with Crippen molar-refractivity contribution < 1.29 is 17.9 Å². The van der Waals surface area contributed by atoms with Crippen LogP contribution in [0.4, 0.5) is 24.5 Å². The Morgan fingerprint density at radius 1 is 1.16 bits per heavy atom. The predicted octanol–water partition coefficient (Wildman–Crippen LogP) is 1.92. The first-order chi connectivity index (χ1) is 8.87. The Kier molecular flexibility index (Phi) is 3.75. The van der Waals surface area contributed by atoms with E-state index in [1.54, 1.807) is 12.1 Å². The fourth-order valence-electron chi connectivity index (χ4n) is 2.07. The molecule has 0 aliphatic carbocycles. The Labute approximate surface area is 109 Å². The second kappa shape index (κ2) is 5.16. The molecule has 2 rings (SSSR count). The van der Waals surface area contributed by atoms with Crippen LogP contribution < -0.4 is 15.4 Å². The number of hydrogen-bond acceptors (Lipinski definition) is 4. The van der Waals surface area contributed by atoms with E-state index >= 15 is 0 Å². The van der Waals surface area contributed by atoms with Crippen molar-refractivity contribution in [3.8, 4) is 5.75 Å². The first-order valence-corrected chi connectivity index (χ1v) is 5.94. The maximum atomic E-state index is 12.4. The second-order valence-corrected chi connectivity index (χ2v) is 4.53. The average Bonchev–Trinajstić information content (AvgIpc) is 2.31. The van der Waals surface area contributed by atoms with Crippen LogP contribution in [0.25, 0.3) is 0 Å². The fourth-order valence-corrected chi connectivity index (χ4v) is 2.07. The zero-order chi connectivity index (χ0) is 14.0. The van der Waals surface area contributed by atoms with Gasteiger partial charge in [0.2, 0.25) is 0 Å². The highest BCUT2D eigenvalue weighted by Crippen LogP contribution is 2.38. The molecule has 0 radical (unpaired) electrons. The summed E-state index contributed by atoms with van der Waals surface area (Å²) in [6.07, 6.45) is -4.74. The van der Waals surface area contributed by atoms with Gasteiger partial charge in [0.05, 0.1) is 11.4 Å². The number of rotatable bonds is 2. The van der Waals surface area contributed by atoms with E-state index < -0.39 is 6.36 Å². The quantitative estimate of drug-likeness (QED) is 0.837. The molecule has 4 nitrogen and oxygen atoms in total. The molecule has 1 fully saturated rings. The summed E-state index contributed by atoms with van der Waals surface area (Å²) in [7, 11) is 1.98. The van der Waals surface area contributed by atoms with Gasteiger partial charge in [-0.05, 0) is 19.2 Å². The number of alkyl halides is 3. The van der Waals surface area contributed by atoms with E-state index in [1.807, 2.05) is 11.9 Å². The minimum absolute atomic E-state index is 0.00578. The van der Waals surface area contributed by atoms with Gasteiger partial charge in [-0.25, -0.2) is 0 Å². The number of nitrogens with two attached hydrogens (primary N) is 1. The SMILES string of the molecule is CN1CCN(c2cccc(N)c2OC(F)(F)F)CC1. The van der Waals surface area contributed by atoms with Crippen molar-refractivity contribution in [3.63, 3.8) is 0 Å². The predicted molar refractivity (Wildman–Crippen MR) is 67.2 cm³/mol. The summed E-state index contributed by atoms with van der Waals surface area (Å²) in [6.45, 7) is 2.88. The Bertz CT molecular complexity index is 442. The number of nitrogens with zero attached hydrogens (tertiary/aromatic N) is 2. The molecule has 1 aromatic carbocycles. The van der Waals surface area contributed by atoms with Gasteiger partial charge in [0.25, 0.3) is 0 Å². The number of piperazine rings is 1. The fraction of sp³-hybridized carbons (Fsp3) is 0.500. The molecule has 0 saturated carbocycles. The molecule has 0 bridgehead atoms. The monoisotopic (exact) mass is 275 g/mol. The third kappa shape index (κ3) is 3.44. The molecule has 0 unspecified atom stereocenters. The smallest absolute Gasteiger partial charge is 0.401 e. The van der Waals surface area contributed by atoms with Crippen molar-refractivity contribution in [1.29, 1.82) is 0 Å². The van der Waals surface area contributed by atoms with Crippen molar-refractivity contribution in [2.24, 2.45) is 0 Å². The van der Waals surface area contributed by atoms with Crippen LogP contribution in [0.5, 0.6) is 5.75 Å². The standard InChI is InChI=1S/C12H16F3N3O/c1-17-5-7-18(8-6-17)10-4-2-3-9(16)11(10)19-12(13,14)15/h2-4H,5-8,16H2,1H3. The molecule has 7 heteroatoms. The number of hydrogen-bond donors (Lipinski definition) is 1. The molecule has 19 heavy (non-hydrogen) atoms. The van der Waals surface area contributed by atoms with Crippen LogP contribution in [-0.2, 0) is 0 Å². The maximum absolute atomic E-state index is 12.4. The molecule has 0 spiro atoms. The zero-order valence-corrected chi connectivity index (χ0v) is 10.6. The third-order valence-electron chi connectivity index (χ3n) is 3.09. The second-order valence-electron chi connectivity index (χ2n) is 4.53. The lowest BCUT2D eigenvalue weighted by Gasteiger charge is -2.35. The van der Waals surface area contributed by atoms with E-state index in [2.05, 4.69) is 9.64 Å². The van der Waals surface area contributed by atoms with Crippen LogP contribution >= 0.6 is 0 Å². The van der Waals surface area contributed by atoms with E-state index in [0.717, 1.165) is 13.1 Å². The molecule has 0 amide bonds. The first kappa shape index (κ1) is 13.8. The van der Waals surface area contributed by atoms with Crippen LogP contribution in [0, 0.1) is 0 Å². The van der Waals surface area contributed by atoms with Gasteiger partial charge in [-0.1, -0.05) is 6.07 Å². The van der Waals surface area contributed by atoms with E-state index in [0.29, 0.717) is 18.8 Å². The number of likely N-dealkylation sites (N-methyl/N-ethyl adjacent to an activating group) is 1. The lowest BCUT2D eigenvalue weighted by atomic mass is 10.2. The third-order valence-corrected chi connectivity index (χ3v) is 3.09. The van der Waals surface area contributed by atoms with E-state index in [9.17, 15) is 13.2 Å². The normalized spacial score (nSPS) is 17.6. The molecule has 2 N–H and O–H groups in total. The molecule has 1 saturated heterocycles. The molecular formula is C12H16F3N3O. The van der Waals surface area contributed by atoms with Gasteiger partial charge in [0, 0.05) is 26.2 Å². The van der Waals surface area contributed by atoms with Gasteiger partial charge in [0.15, 0.2) is 5.75 Å². The number of benzene rings is 1. The largest absolute Gasteiger partial charge is 0.573 e. The lowest BCUT2D eigenvalue weighted by Crippen LogP contribution is -2.44. The summed E-state index contributed by atoms with van der Waals surface area (Å²) in [6, 6.07) is 4.63. The number of ether oxygens (including phenoxy) is 1. The van der Waals surface area contributed by atoms with E-state index in [1.165, 1.54) is 6.07 Å². The summed E-state index contributed by atoms with van der Waals surface area (Å²) in [4.78, 5) is 3.98. The number of anilines is 2. The van der Waals surface area contributed by atoms with Crippen LogP contribution in [0.2, 0.25) is 0 Å². The number of para-hydroxylation sites is 1. The molecular weight excluding hydrogens is 259 g/mol. The Hall–Kier alpha value is -1.63. The van der Waals surface area contributed by atoms with Crippen LogP contribution in [0.3, 0.4) is 0 Å². The molecule has 1 aliphatic rings. The van der Waals surface area contributed by atoms with Crippen LogP contribution in [0.15, 0.2) is 18.2 Å². The highest BCUT2D eigenvalue weighted by atomic mass is 19.4. The maximum Gasteiger partial charge on any atom is 0.573 e. The Morgan fingerprint density at radius 3 is 2.37 bits per heavy atom. The van der Waals surface area contributed by atoms with E-state index in [4.69, 9.17) is 5.73 Å². The molecule has 0 aromatic heterocycles. The lowest BCUT2D eigenvalue weighted by molar-refractivity contribution is -0.274. The molecule has 1 heterocycles. The molecule has 1 aromatic rings. The van der Waals surface area contributed by atoms with E-state index in [-0.39, 0.29) is 11.4 Å². The molecule has 106 valence electrons. The Balaban J connectivity index is 2.27. The van der Waals surface area contributed by atoms with Crippen molar-refractivity contribution in [2.75, 3.05) is 43.9 Å². The molecule has 1 aliphatic heterocycles. The van der Waals surface area contributed by atoms with Gasteiger partial charge >= 0.3 is 6.36 Å². The minimum atomic E-state index is -4.74. The summed E-state index contributed by atoms with van der Waals surface area (Å²) in [5.41, 5.74) is 5.99. The van der Waals surface area contributed by atoms with Gasteiger partial charge in [0.1, 0.15) is 0 Å². The van der Waals surface area contributed by atoms with Crippen molar-refractivity contribution in [2.45, 2.75) is 6.36 Å². The van der Waals surface area contributed by atoms with Crippen molar-refractivity contribution in [3.05, 3.63) is 18.2 Å². The van der Waals surface area contributed by atoms with Crippen molar-refractivity contribution >= 4 is 11.4 Å². The Morgan fingerprint density at radius 2 is 1.79 bits per heavy atom. The van der Waals surface area contributed by atoms with Gasteiger partial charge < -0.3 is 20.3 Å². The number of halogens is 3. The summed E-state index contributed by atoms with van der Waals surface area (Å²) >= 11 is 0. The minimum Gasteiger partial charge on any atom is -0.401 e. The summed E-state index contributed by atoms with van der Waals surface area (Å²) < 4.78 is 41.3. The highest BCUT2D eigenvalue weighted by molar-refractivity contribution is 5.70. The topological polar surface area (TPSA) is 41.7 Å². The highest BCUT2D eigenvalue weighted by Gasteiger charge is 2.34. The van der Waals surface area contributed by atoms with Crippen LogP contribution in [0.1, 0.15) is 0 Å². The summed E-state index contributed by atoms with van der Waals surface area (Å²) in [5, 5.41) is 0. The van der Waals surface area contributed by atoms with Crippen molar-refractivity contribution in [1.82, 2.24) is 4.90 Å². The average molecular weight is 275 g/mol. The van der Waals surface area contributed by atoms with Crippen LogP contribution in [-0.4, -0.2) is 44.5 Å². The zero-order valence-electron chi connectivity index (χ0n) is 10.6. The van der Waals surface area contributed by atoms with Gasteiger partial charge in [-0.3, -0.25) is 0 Å². The molecule has 0 atom stereocenters. The van der Waals surface area contributed by atoms with Gasteiger partial charge in [-0.2, -0.15) is 0 Å². The number of nitrogen functional groups attached to an aromatic ring is 1. The summed E-state index contributed by atoms with van der Waals surface area (Å²) in [5.74, 6) is -0.306. The first-order valence-electron chi connectivity index (χ1n) is 5.94. The van der Waals surface area contributed by atoms with Gasteiger partial charge in [-0.15, -0.1) is 13.2 Å².